The Morgan fingerprint density at radius 2 is 1.85 bits per heavy atom. The fourth-order valence-corrected chi connectivity index (χ4v) is 5.46. The summed E-state index contributed by atoms with van der Waals surface area (Å²) in [6.07, 6.45) is 7.10. The van der Waals surface area contributed by atoms with Crippen LogP contribution in [-0.2, 0) is 22.0 Å². The van der Waals surface area contributed by atoms with Crippen LogP contribution in [0.2, 0.25) is 0 Å². The minimum absolute atomic E-state index is 0.0226. The average molecular weight is 510 g/mol. The molecule has 34 heavy (non-hydrogen) atoms. The second-order valence-corrected chi connectivity index (χ2v) is 11.2. The maximum atomic E-state index is 14.8. The van der Waals surface area contributed by atoms with Gasteiger partial charge in [0.25, 0.3) is 0 Å². The Morgan fingerprint density at radius 3 is 2.53 bits per heavy atom. The third-order valence-electron chi connectivity index (χ3n) is 5.83. The topological polar surface area (TPSA) is 79.5 Å². The molecule has 0 amide bonds. The number of anilines is 3. The van der Waals surface area contributed by atoms with Gasteiger partial charge in [-0.05, 0) is 62.3 Å². The van der Waals surface area contributed by atoms with Crippen molar-refractivity contribution in [2.24, 2.45) is 5.92 Å². The molecule has 0 spiro atoms. The summed E-state index contributed by atoms with van der Waals surface area (Å²) in [6, 6.07) is 8.62. The summed E-state index contributed by atoms with van der Waals surface area (Å²) >= 11 is 0. The highest BCUT2D eigenvalue weighted by atomic mass is 32.2. The molecule has 0 bridgehead atoms. The van der Waals surface area contributed by atoms with Crippen LogP contribution in [0.3, 0.4) is 0 Å². The highest BCUT2D eigenvalue weighted by Crippen LogP contribution is 2.41. The smallest absolute Gasteiger partial charge is 0.156 e. The zero-order valence-electron chi connectivity index (χ0n) is 19.1. The van der Waals surface area contributed by atoms with Gasteiger partial charge in [0.15, 0.2) is 5.75 Å². The van der Waals surface area contributed by atoms with E-state index >= 15 is 0 Å². The van der Waals surface area contributed by atoms with Crippen molar-refractivity contribution in [3.05, 3.63) is 54.1 Å². The van der Waals surface area contributed by atoms with Crippen LogP contribution in [-0.4, -0.2) is 26.0 Å². The minimum Gasteiger partial charge on any atom is -0.455 e. The summed E-state index contributed by atoms with van der Waals surface area (Å²) < 4.78 is 65.4. The van der Waals surface area contributed by atoms with Crippen molar-refractivity contribution >= 4 is 39.0 Å². The highest BCUT2D eigenvalue weighted by Gasteiger charge is 2.31. The van der Waals surface area contributed by atoms with Gasteiger partial charge in [0.2, 0.25) is 0 Å². The van der Waals surface area contributed by atoms with Gasteiger partial charge in [-0.25, -0.2) is 17.2 Å². The Labute approximate surface area is 203 Å². The lowest BCUT2D eigenvalue weighted by molar-refractivity contribution is 0.429. The molecule has 1 fully saturated rings. The summed E-state index contributed by atoms with van der Waals surface area (Å²) in [4.78, 5) is 0. The van der Waals surface area contributed by atoms with E-state index in [9.17, 15) is 17.2 Å². The molecule has 0 aromatic heterocycles. The number of ether oxygens (including phenoxy) is 1. The van der Waals surface area contributed by atoms with E-state index in [0.717, 1.165) is 25.7 Å². The molecule has 1 saturated carbocycles. The van der Waals surface area contributed by atoms with E-state index in [0.29, 0.717) is 23.5 Å². The second kappa shape index (κ2) is 10.9. The number of hydrogen-bond donors (Lipinski definition) is 3. The first-order valence-corrected chi connectivity index (χ1v) is 14.1. The molecule has 0 aliphatic heterocycles. The fourth-order valence-electron chi connectivity index (χ4n) is 3.86. The minimum atomic E-state index is -1.38. The number of allylic oxidation sites excluding steroid dienone is 1. The molecule has 0 radical (unpaired) electrons. The van der Waals surface area contributed by atoms with Gasteiger partial charge in [-0.1, -0.05) is 13.0 Å². The SMILES string of the molecule is CCC1C=C(F)C(Nc2cc(F)cc(Oc3cccc(NS(C)=O)c3)c2NS(=O)C2CC2)CC1. The zero-order valence-corrected chi connectivity index (χ0v) is 20.7. The van der Waals surface area contributed by atoms with Crippen LogP contribution in [0.25, 0.3) is 0 Å². The number of rotatable bonds is 10. The Hall–Kier alpha value is -2.46. The molecule has 3 N–H and O–H groups in total. The Balaban J connectivity index is 1.66. The van der Waals surface area contributed by atoms with E-state index in [1.165, 1.54) is 18.4 Å². The first-order chi connectivity index (χ1) is 16.3. The van der Waals surface area contributed by atoms with Gasteiger partial charge in [-0.15, -0.1) is 0 Å². The van der Waals surface area contributed by atoms with Crippen molar-refractivity contribution in [3.63, 3.8) is 0 Å². The molecule has 2 aliphatic rings. The van der Waals surface area contributed by atoms with Crippen molar-refractivity contribution in [3.8, 4) is 11.5 Å². The molecular weight excluding hydrogens is 480 g/mol. The third-order valence-corrected chi connectivity index (χ3v) is 7.83. The lowest BCUT2D eigenvalue weighted by Gasteiger charge is -2.27. The summed E-state index contributed by atoms with van der Waals surface area (Å²) in [5, 5.41) is 3.12. The van der Waals surface area contributed by atoms with Crippen molar-refractivity contribution in [1.29, 1.82) is 0 Å². The first-order valence-electron chi connectivity index (χ1n) is 11.3. The fraction of sp³-hybridized carbons (Fsp3) is 0.417. The predicted octanol–water partition coefficient (Wildman–Crippen LogP) is 6.02. The van der Waals surface area contributed by atoms with E-state index in [2.05, 4.69) is 14.8 Å². The van der Waals surface area contributed by atoms with Gasteiger partial charge in [0.1, 0.15) is 45.1 Å². The standard InChI is InChI=1S/C24H29F2N3O3S2/c1-3-15-7-10-21(20(26)11-15)27-22-12-16(25)13-23(24(22)29-34(31)19-8-9-19)32-18-6-4-5-17(14-18)28-33(2)30/h4-6,11-15,19,21,27-29H,3,7-10H2,1-2H3. The zero-order chi connectivity index (χ0) is 24.2. The molecule has 0 saturated heterocycles. The molecular formula is C24H29F2N3O3S2. The van der Waals surface area contributed by atoms with Crippen molar-refractivity contribution in [2.75, 3.05) is 21.0 Å². The highest BCUT2D eigenvalue weighted by molar-refractivity contribution is 7.87. The Bertz CT molecular complexity index is 1120. The van der Waals surface area contributed by atoms with Crippen LogP contribution in [0.4, 0.5) is 25.8 Å². The molecule has 4 rings (SSSR count). The number of hydrogen-bond acceptors (Lipinski definition) is 4. The predicted molar refractivity (Wildman–Crippen MR) is 135 cm³/mol. The molecule has 4 unspecified atom stereocenters. The summed E-state index contributed by atoms with van der Waals surface area (Å²) in [5.41, 5.74) is 1.18. The normalized spacial score (nSPS) is 21.8. The van der Waals surface area contributed by atoms with Crippen LogP contribution in [0.1, 0.15) is 39.0 Å². The largest absolute Gasteiger partial charge is 0.455 e. The van der Waals surface area contributed by atoms with Crippen LogP contribution in [0.15, 0.2) is 48.3 Å². The van der Waals surface area contributed by atoms with Gasteiger partial charge in [0, 0.05) is 24.1 Å². The van der Waals surface area contributed by atoms with E-state index in [1.54, 1.807) is 30.3 Å². The molecule has 2 aromatic carbocycles. The third kappa shape index (κ3) is 6.35. The molecule has 0 heterocycles. The van der Waals surface area contributed by atoms with Crippen molar-refractivity contribution in [2.45, 2.75) is 50.3 Å². The first kappa shape index (κ1) is 24.7. The molecule has 2 aliphatic carbocycles. The summed E-state index contributed by atoms with van der Waals surface area (Å²) in [6.45, 7) is 2.02. The Kier molecular flexibility index (Phi) is 7.88. The van der Waals surface area contributed by atoms with E-state index < -0.39 is 33.8 Å². The monoisotopic (exact) mass is 509 g/mol. The second-order valence-electron chi connectivity index (χ2n) is 8.61. The lowest BCUT2D eigenvalue weighted by Crippen LogP contribution is -2.26. The molecule has 184 valence electrons. The molecule has 10 heteroatoms. The van der Waals surface area contributed by atoms with Gasteiger partial charge in [0.05, 0.1) is 17.0 Å². The van der Waals surface area contributed by atoms with Gasteiger partial charge >= 0.3 is 0 Å². The number of halogens is 2. The lowest BCUT2D eigenvalue weighted by atomic mass is 9.90. The van der Waals surface area contributed by atoms with Crippen LogP contribution in [0, 0.1) is 11.7 Å². The van der Waals surface area contributed by atoms with Gasteiger partial charge in [-0.3, -0.25) is 4.72 Å². The van der Waals surface area contributed by atoms with Crippen LogP contribution >= 0.6 is 0 Å². The number of nitrogens with one attached hydrogen (secondary N) is 3. The van der Waals surface area contributed by atoms with Crippen molar-refractivity contribution < 1.29 is 21.9 Å². The quantitative estimate of drug-likeness (QED) is 0.366. The van der Waals surface area contributed by atoms with Gasteiger partial charge < -0.3 is 14.8 Å². The Morgan fingerprint density at radius 1 is 1.06 bits per heavy atom. The molecule has 6 nitrogen and oxygen atoms in total. The number of benzene rings is 2. The summed E-state index contributed by atoms with van der Waals surface area (Å²) in [5.74, 6) is -0.149. The summed E-state index contributed by atoms with van der Waals surface area (Å²) in [7, 11) is -2.65. The molecule has 4 atom stereocenters. The van der Waals surface area contributed by atoms with Crippen LogP contribution in [0.5, 0.6) is 11.5 Å². The molecule has 2 aromatic rings. The maximum absolute atomic E-state index is 14.8. The maximum Gasteiger partial charge on any atom is 0.156 e. The average Bonchev–Trinajstić information content (AvgIpc) is 3.62. The van der Waals surface area contributed by atoms with E-state index in [4.69, 9.17) is 4.74 Å². The van der Waals surface area contributed by atoms with Crippen molar-refractivity contribution in [1.82, 2.24) is 0 Å². The van der Waals surface area contributed by atoms with Gasteiger partial charge in [-0.2, -0.15) is 0 Å². The van der Waals surface area contributed by atoms with E-state index in [-0.39, 0.29) is 28.4 Å². The van der Waals surface area contributed by atoms with E-state index in [1.807, 2.05) is 6.92 Å². The van der Waals surface area contributed by atoms with Crippen LogP contribution < -0.4 is 19.5 Å².